The molecular formula is C8H18N+. The van der Waals surface area contributed by atoms with Crippen molar-refractivity contribution in [1.29, 1.82) is 0 Å². The molecule has 3 unspecified atom stereocenters. The molecule has 1 heteroatoms. The Morgan fingerprint density at radius 2 is 2.00 bits per heavy atom. The van der Waals surface area contributed by atoms with E-state index in [0.717, 1.165) is 12.0 Å². The van der Waals surface area contributed by atoms with E-state index in [1.165, 1.54) is 17.6 Å². The molecule has 0 aromatic rings. The molecule has 1 fully saturated rings. The van der Waals surface area contributed by atoms with Crippen LogP contribution in [0.5, 0.6) is 0 Å². The molecule has 1 rings (SSSR count). The van der Waals surface area contributed by atoms with Crippen molar-refractivity contribution >= 4 is 0 Å². The van der Waals surface area contributed by atoms with Crippen molar-refractivity contribution in [3.05, 3.63) is 0 Å². The highest BCUT2D eigenvalue weighted by Crippen LogP contribution is 2.30. The zero-order valence-electron chi connectivity index (χ0n) is 7.02. The molecule has 1 saturated heterocycles. The van der Waals surface area contributed by atoms with Gasteiger partial charge in [0, 0.05) is 0 Å². The first kappa shape index (κ1) is 7.07. The lowest BCUT2D eigenvalue weighted by molar-refractivity contribution is -0.979. The Balaban J connectivity index is 2.48. The van der Waals surface area contributed by atoms with Gasteiger partial charge in [0.2, 0.25) is 0 Å². The van der Waals surface area contributed by atoms with Crippen molar-refractivity contribution in [2.45, 2.75) is 26.8 Å². The zero-order valence-corrected chi connectivity index (χ0v) is 7.02. The van der Waals surface area contributed by atoms with Crippen molar-refractivity contribution < 1.29 is 4.48 Å². The van der Waals surface area contributed by atoms with Crippen LogP contribution in [-0.2, 0) is 0 Å². The van der Waals surface area contributed by atoms with Gasteiger partial charge in [0.25, 0.3) is 0 Å². The minimum absolute atomic E-state index is 0.898. The molecule has 0 bridgehead atoms. The maximum absolute atomic E-state index is 2.36. The molecule has 1 aliphatic heterocycles. The Hall–Kier alpha value is -0.0400. The van der Waals surface area contributed by atoms with E-state index in [1.807, 2.05) is 0 Å². The number of quaternary nitrogens is 1. The van der Waals surface area contributed by atoms with Gasteiger partial charge in [0.1, 0.15) is 0 Å². The Kier molecular flexibility index (Phi) is 1.55. The minimum atomic E-state index is 0.898. The minimum Gasteiger partial charge on any atom is -0.323 e. The lowest BCUT2D eigenvalue weighted by atomic mass is 9.89. The molecule has 0 aromatic heterocycles. The van der Waals surface area contributed by atoms with Gasteiger partial charge in [-0.3, -0.25) is 0 Å². The highest BCUT2D eigenvalue weighted by molar-refractivity contribution is 4.71. The molecule has 54 valence electrons. The molecule has 0 aromatic carbocycles. The van der Waals surface area contributed by atoms with Crippen molar-refractivity contribution in [2.75, 3.05) is 20.1 Å². The van der Waals surface area contributed by atoms with E-state index >= 15 is 0 Å². The van der Waals surface area contributed by atoms with Gasteiger partial charge in [-0.15, -0.1) is 0 Å². The van der Waals surface area contributed by atoms with Gasteiger partial charge in [0.15, 0.2) is 0 Å². The number of rotatable bonds is 1. The molecule has 0 saturated carbocycles. The van der Waals surface area contributed by atoms with E-state index in [0.29, 0.717) is 0 Å². The fraction of sp³-hybridized carbons (Fsp3) is 1.00. The summed E-state index contributed by atoms with van der Waals surface area (Å²) in [5, 5.41) is 0. The Labute approximate surface area is 58.3 Å². The van der Waals surface area contributed by atoms with E-state index in [-0.39, 0.29) is 0 Å². The van der Waals surface area contributed by atoms with Crippen LogP contribution in [0.15, 0.2) is 0 Å². The fourth-order valence-electron chi connectivity index (χ4n) is 1.87. The quantitative estimate of drug-likeness (QED) is 0.469. The van der Waals surface area contributed by atoms with Crippen LogP contribution in [0.2, 0.25) is 0 Å². The van der Waals surface area contributed by atoms with Crippen molar-refractivity contribution in [1.82, 2.24) is 0 Å². The standard InChI is InChI=1S/C8H18N/c1-5-9(4)6-7(2)8(9)3/h7-8H,5-6H2,1-4H3/q+1. The lowest BCUT2D eigenvalue weighted by Gasteiger charge is -2.52. The lowest BCUT2D eigenvalue weighted by Crippen LogP contribution is -2.66. The summed E-state index contributed by atoms with van der Waals surface area (Å²) in [6, 6.07) is 0.898. The van der Waals surface area contributed by atoms with Crippen LogP contribution >= 0.6 is 0 Å². The van der Waals surface area contributed by atoms with Gasteiger partial charge < -0.3 is 4.48 Å². The normalized spacial score (nSPS) is 50.7. The molecular weight excluding hydrogens is 110 g/mol. The molecule has 1 nitrogen and oxygen atoms in total. The topological polar surface area (TPSA) is 0 Å². The predicted molar refractivity (Wildman–Crippen MR) is 40.2 cm³/mol. The van der Waals surface area contributed by atoms with Crippen LogP contribution in [0.4, 0.5) is 0 Å². The van der Waals surface area contributed by atoms with E-state index in [1.54, 1.807) is 0 Å². The highest BCUT2D eigenvalue weighted by atomic mass is 15.4. The monoisotopic (exact) mass is 128 g/mol. The Bertz CT molecular complexity index is 111. The average molecular weight is 128 g/mol. The molecule has 0 aliphatic carbocycles. The van der Waals surface area contributed by atoms with Crippen LogP contribution in [0.1, 0.15) is 20.8 Å². The van der Waals surface area contributed by atoms with Crippen LogP contribution in [0, 0.1) is 5.92 Å². The van der Waals surface area contributed by atoms with Gasteiger partial charge in [0.05, 0.1) is 32.1 Å². The molecule has 0 amide bonds. The van der Waals surface area contributed by atoms with E-state index in [2.05, 4.69) is 27.8 Å². The summed E-state index contributed by atoms with van der Waals surface area (Å²) in [6.45, 7) is 9.67. The molecule has 0 N–H and O–H groups in total. The van der Waals surface area contributed by atoms with Gasteiger partial charge in [-0.1, -0.05) is 6.92 Å². The summed E-state index contributed by atoms with van der Waals surface area (Å²) >= 11 is 0. The second kappa shape index (κ2) is 1.98. The van der Waals surface area contributed by atoms with Gasteiger partial charge in [-0.25, -0.2) is 0 Å². The summed E-state index contributed by atoms with van der Waals surface area (Å²) in [5.41, 5.74) is 0. The third-order valence-electron chi connectivity index (χ3n) is 3.23. The summed E-state index contributed by atoms with van der Waals surface area (Å²) in [7, 11) is 2.35. The SMILES string of the molecule is CC[N+]1(C)CC(C)C1C. The van der Waals surface area contributed by atoms with Crippen LogP contribution in [0.3, 0.4) is 0 Å². The molecule has 0 spiro atoms. The molecule has 0 radical (unpaired) electrons. The largest absolute Gasteiger partial charge is 0.323 e. The Morgan fingerprint density at radius 1 is 1.44 bits per heavy atom. The first-order chi connectivity index (χ1) is 4.10. The average Bonchev–Trinajstić information content (AvgIpc) is 1.87. The predicted octanol–water partition coefficient (Wildman–Crippen LogP) is 1.49. The first-order valence-electron chi connectivity index (χ1n) is 3.94. The maximum atomic E-state index is 2.36. The summed E-state index contributed by atoms with van der Waals surface area (Å²) < 4.78 is 1.29. The summed E-state index contributed by atoms with van der Waals surface area (Å²) in [6.07, 6.45) is 0. The fourth-order valence-corrected chi connectivity index (χ4v) is 1.87. The molecule has 1 aliphatic rings. The van der Waals surface area contributed by atoms with Crippen molar-refractivity contribution in [3.63, 3.8) is 0 Å². The number of hydrogen-bond donors (Lipinski definition) is 0. The first-order valence-corrected chi connectivity index (χ1v) is 3.94. The Morgan fingerprint density at radius 3 is 2.11 bits per heavy atom. The summed E-state index contributed by atoms with van der Waals surface area (Å²) in [4.78, 5) is 0. The smallest absolute Gasteiger partial charge is 0.0940 e. The van der Waals surface area contributed by atoms with Gasteiger partial charge in [-0.05, 0) is 13.8 Å². The summed E-state index contributed by atoms with van der Waals surface area (Å²) in [5.74, 6) is 0.954. The van der Waals surface area contributed by atoms with Crippen LogP contribution in [-0.4, -0.2) is 30.7 Å². The third kappa shape index (κ3) is 0.877. The second-order valence-electron chi connectivity index (χ2n) is 3.70. The van der Waals surface area contributed by atoms with E-state index in [9.17, 15) is 0 Å². The number of nitrogens with zero attached hydrogens (tertiary/aromatic N) is 1. The number of likely N-dealkylation sites (tertiary alicyclic amines) is 1. The van der Waals surface area contributed by atoms with Crippen molar-refractivity contribution in [3.8, 4) is 0 Å². The van der Waals surface area contributed by atoms with Crippen molar-refractivity contribution in [2.24, 2.45) is 5.92 Å². The molecule has 9 heavy (non-hydrogen) atoms. The van der Waals surface area contributed by atoms with E-state index < -0.39 is 0 Å². The zero-order chi connectivity index (χ0) is 7.07. The third-order valence-corrected chi connectivity index (χ3v) is 3.23. The molecule has 1 heterocycles. The van der Waals surface area contributed by atoms with Crippen LogP contribution < -0.4 is 0 Å². The van der Waals surface area contributed by atoms with E-state index in [4.69, 9.17) is 0 Å². The second-order valence-corrected chi connectivity index (χ2v) is 3.70. The molecule has 3 atom stereocenters. The van der Waals surface area contributed by atoms with Gasteiger partial charge >= 0.3 is 0 Å². The highest BCUT2D eigenvalue weighted by Gasteiger charge is 2.43. The van der Waals surface area contributed by atoms with Gasteiger partial charge in [-0.2, -0.15) is 0 Å². The number of hydrogen-bond acceptors (Lipinski definition) is 0. The van der Waals surface area contributed by atoms with Crippen LogP contribution in [0.25, 0.3) is 0 Å². The maximum Gasteiger partial charge on any atom is 0.0940 e.